The maximum absolute atomic E-state index is 14.1. The standard InChI is InChI=1S/C16H15ClFNO/c1-19-16(12-7-6-11(17)9-13(12)18)15-8-10-4-2-3-5-14(10)20-15/h2-7,9,15-16,19H,8H2,1H3. The van der Waals surface area contributed by atoms with Crippen molar-refractivity contribution >= 4 is 11.6 Å². The largest absolute Gasteiger partial charge is 0.488 e. The molecule has 0 aromatic heterocycles. The number of hydrogen-bond donors (Lipinski definition) is 1. The van der Waals surface area contributed by atoms with Gasteiger partial charge in [0.2, 0.25) is 0 Å². The summed E-state index contributed by atoms with van der Waals surface area (Å²) in [5, 5.41) is 3.55. The van der Waals surface area contributed by atoms with Crippen LogP contribution in [0.25, 0.3) is 0 Å². The van der Waals surface area contributed by atoms with E-state index in [-0.39, 0.29) is 18.0 Å². The van der Waals surface area contributed by atoms with Gasteiger partial charge in [-0.3, -0.25) is 0 Å². The van der Waals surface area contributed by atoms with Gasteiger partial charge in [0, 0.05) is 17.0 Å². The molecule has 0 saturated carbocycles. The summed E-state index contributed by atoms with van der Waals surface area (Å²) in [5.41, 5.74) is 1.74. The Morgan fingerprint density at radius 2 is 2.10 bits per heavy atom. The molecule has 0 saturated heterocycles. The first-order valence-corrected chi connectivity index (χ1v) is 6.93. The average Bonchev–Trinajstić information content (AvgIpc) is 2.85. The molecule has 2 unspecified atom stereocenters. The van der Waals surface area contributed by atoms with Gasteiger partial charge < -0.3 is 10.1 Å². The van der Waals surface area contributed by atoms with Crippen LogP contribution in [0, 0.1) is 5.82 Å². The highest BCUT2D eigenvalue weighted by atomic mass is 35.5. The molecule has 104 valence electrons. The molecule has 2 atom stereocenters. The number of fused-ring (bicyclic) bond motifs is 1. The van der Waals surface area contributed by atoms with E-state index in [0.717, 1.165) is 17.7 Å². The minimum absolute atomic E-state index is 0.118. The number of para-hydroxylation sites is 1. The lowest BCUT2D eigenvalue weighted by atomic mass is 9.97. The molecule has 0 amide bonds. The van der Waals surface area contributed by atoms with Crippen LogP contribution in [0.1, 0.15) is 17.2 Å². The fourth-order valence-corrected chi connectivity index (χ4v) is 2.85. The Balaban J connectivity index is 1.89. The summed E-state index contributed by atoms with van der Waals surface area (Å²) in [7, 11) is 1.81. The number of benzene rings is 2. The van der Waals surface area contributed by atoms with Crippen LogP contribution in [0.15, 0.2) is 42.5 Å². The Morgan fingerprint density at radius 1 is 1.30 bits per heavy atom. The Labute approximate surface area is 122 Å². The molecule has 2 aromatic rings. The van der Waals surface area contributed by atoms with Crippen molar-refractivity contribution in [3.05, 3.63) is 64.4 Å². The van der Waals surface area contributed by atoms with Crippen molar-refractivity contribution in [3.8, 4) is 5.75 Å². The minimum Gasteiger partial charge on any atom is -0.488 e. The lowest BCUT2D eigenvalue weighted by molar-refractivity contribution is 0.181. The lowest BCUT2D eigenvalue weighted by Crippen LogP contribution is -2.33. The van der Waals surface area contributed by atoms with Gasteiger partial charge in [-0.05, 0) is 30.8 Å². The lowest BCUT2D eigenvalue weighted by Gasteiger charge is -2.23. The topological polar surface area (TPSA) is 21.3 Å². The zero-order valence-electron chi connectivity index (χ0n) is 11.1. The molecule has 1 aliphatic rings. The van der Waals surface area contributed by atoms with Gasteiger partial charge in [-0.2, -0.15) is 0 Å². The van der Waals surface area contributed by atoms with Gasteiger partial charge in [0.25, 0.3) is 0 Å². The normalized spacial score (nSPS) is 18.4. The number of nitrogens with one attached hydrogen (secondary N) is 1. The van der Waals surface area contributed by atoms with E-state index in [4.69, 9.17) is 16.3 Å². The SMILES string of the molecule is CNC(c1ccc(Cl)cc1F)C1Cc2ccccc2O1. The molecule has 3 rings (SSSR count). The zero-order chi connectivity index (χ0) is 14.1. The van der Waals surface area contributed by atoms with Crippen molar-refractivity contribution in [2.24, 2.45) is 0 Å². The van der Waals surface area contributed by atoms with Crippen molar-refractivity contribution < 1.29 is 9.13 Å². The molecule has 4 heteroatoms. The van der Waals surface area contributed by atoms with Crippen molar-refractivity contribution in [1.29, 1.82) is 0 Å². The van der Waals surface area contributed by atoms with E-state index in [1.165, 1.54) is 6.07 Å². The van der Waals surface area contributed by atoms with Crippen molar-refractivity contribution in [2.45, 2.75) is 18.6 Å². The Morgan fingerprint density at radius 3 is 2.80 bits per heavy atom. The quantitative estimate of drug-likeness (QED) is 0.930. The molecule has 1 heterocycles. The first kappa shape index (κ1) is 13.4. The highest BCUT2D eigenvalue weighted by molar-refractivity contribution is 6.30. The van der Waals surface area contributed by atoms with E-state index in [1.54, 1.807) is 12.1 Å². The molecule has 20 heavy (non-hydrogen) atoms. The second-order valence-corrected chi connectivity index (χ2v) is 5.34. The second kappa shape index (κ2) is 5.43. The molecule has 0 bridgehead atoms. The third-order valence-corrected chi connectivity index (χ3v) is 3.89. The summed E-state index contributed by atoms with van der Waals surface area (Å²) < 4.78 is 20.0. The fraction of sp³-hybridized carbons (Fsp3) is 0.250. The summed E-state index contributed by atoms with van der Waals surface area (Å²) in [4.78, 5) is 0. The second-order valence-electron chi connectivity index (χ2n) is 4.90. The summed E-state index contributed by atoms with van der Waals surface area (Å²) in [5.74, 6) is 0.573. The Hall–Kier alpha value is -1.58. The van der Waals surface area contributed by atoms with Gasteiger partial charge in [0.05, 0.1) is 6.04 Å². The molecule has 0 fully saturated rings. The minimum atomic E-state index is -0.309. The van der Waals surface area contributed by atoms with Gasteiger partial charge in [0.15, 0.2) is 0 Å². The molecule has 1 N–H and O–H groups in total. The number of hydrogen-bond acceptors (Lipinski definition) is 2. The van der Waals surface area contributed by atoms with Crippen molar-refractivity contribution in [3.63, 3.8) is 0 Å². The van der Waals surface area contributed by atoms with Crippen LogP contribution >= 0.6 is 11.6 Å². The number of likely N-dealkylation sites (N-methyl/N-ethyl adjacent to an activating group) is 1. The maximum atomic E-state index is 14.1. The van der Waals surface area contributed by atoms with Gasteiger partial charge in [-0.15, -0.1) is 0 Å². The summed E-state index contributed by atoms with van der Waals surface area (Å²) in [6, 6.07) is 12.5. The Kier molecular flexibility index (Phi) is 3.64. The van der Waals surface area contributed by atoms with Gasteiger partial charge in [-0.25, -0.2) is 4.39 Å². The molecule has 2 nitrogen and oxygen atoms in total. The van der Waals surface area contributed by atoms with Crippen LogP contribution < -0.4 is 10.1 Å². The van der Waals surface area contributed by atoms with Gasteiger partial charge in [-0.1, -0.05) is 35.9 Å². The Bertz CT molecular complexity index is 607. The van der Waals surface area contributed by atoms with E-state index in [9.17, 15) is 4.39 Å². The third kappa shape index (κ3) is 2.39. The smallest absolute Gasteiger partial charge is 0.129 e. The number of ether oxygens (including phenoxy) is 1. The first-order chi connectivity index (χ1) is 9.69. The number of rotatable bonds is 3. The molecular weight excluding hydrogens is 277 g/mol. The van der Waals surface area contributed by atoms with Gasteiger partial charge >= 0.3 is 0 Å². The van der Waals surface area contributed by atoms with Crippen LogP contribution in [-0.2, 0) is 6.42 Å². The summed E-state index contributed by atoms with van der Waals surface area (Å²) in [6.07, 6.45) is 0.650. The van der Waals surface area contributed by atoms with Crippen LogP contribution in [0.4, 0.5) is 4.39 Å². The van der Waals surface area contributed by atoms with Crippen molar-refractivity contribution in [1.82, 2.24) is 5.32 Å². The van der Waals surface area contributed by atoms with E-state index < -0.39 is 0 Å². The molecule has 0 radical (unpaired) electrons. The van der Waals surface area contributed by atoms with E-state index >= 15 is 0 Å². The first-order valence-electron chi connectivity index (χ1n) is 6.56. The fourth-order valence-electron chi connectivity index (χ4n) is 2.69. The van der Waals surface area contributed by atoms with Crippen LogP contribution in [0.3, 0.4) is 0 Å². The highest BCUT2D eigenvalue weighted by Crippen LogP contribution is 2.35. The molecular formula is C16H15ClFNO. The van der Waals surface area contributed by atoms with Crippen molar-refractivity contribution in [2.75, 3.05) is 7.05 Å². The third-order valence-electron chi connectivity index (χ3n) is 3.65. The average molecular weight is 292 g/mol. The predicted octanol–water partition coefficient (Wildman–Crippen LogP) is 3.74. The van der Waals surface area contributed by atoms with Crippen LogP contribution in [-0.4, -0.2) is 13.2 Å². The van der Waals surface area contributed by atoms with E-state index in [2.05, 4.69) is 5.32 Å². The molecule has 0 spiro atoms. The number of halogens is 2. The van der Waals surface area contributed by atoms with E-state index in [0.29, 0.717) is 10.6 Å². The maximum Gasteiger partial charge on any atom is 0.129 e. The predicted molar refractivity (Wildman–Crippen MR) is 77.8 cm³/mol. The highest BCUT2D eigenvalue weighted by Gasteiger charge is 2.31. The summed E-state index contributed by atoms with van der Waals surface area (Å²) >= 11 is 5.81. The molecule has 0 aliphatic carbocycles. The summed E-state index contributed by atoms with van der Waals surface area (Å²) in [6.45, 7) is 0. The monoisotopic (exact) mass is 291 g/mol. The van der Waals surface area contributed by atoms with Crippen LogP contribution in [0.5, 0.6) is 5.75 Å². The zero-order valence-corrected chi connectivity index (χ0v) is 11.8. The molecule has 2 aromatic carbocycles. The van der Waals surface area contributed by atoms with Gasteiger partial charge in [0.1, 0.15) is 17.7 Å². The molecule has 1 aliphatic heterocycles. The van der Waals surface area contributed by atoms with Crippen LogP contribution in [0.2, 0.25) is 5.02 Å². The van der Waals surface area contributed by atoms with E-state index in [1.807, 2.05) is 31.3 Å².